The van der Waals surface area contributed by atoms with Gasteiger partial charge in [-0.15, -0.1) is 0 Å². The van der Waals surface area contributed by atoms with E-state index in [2.05, 4.69) is 71.1 Å². The highest BCUT2D eigenvalue weighted by Gasteiger charge is 2.14. The number of rotatable bonds is 8. The van der Waals surface area contributed by atoms with Crippen LogP contribution >= 0.6 is 0 Å². The van der Waals surface area contributed by atoms with Gasteiger partial charge in [-0.3, -0.25) is 0 Å². The molecule has 2 heteroatoms. The van der Waals surface area contributed by atoms with Crippen molar-refractivity contribution in [2.75, 3.05) is 13.2 Å². The van der Waals surface area contributed by atoms with Gasteiger partial charge in [0.25, 0.3) is 0 Å². The van der Waals surface area contributed by atoms with Gasteiger partial charge in [0.05, 0.1) is 6.61 Å². The number of nitrogens with one attached hydrogen (secondary N) is 1. The van der Waals surface area contributed by atoms with E-state index in [1.165, 1.54) is 5.56 Å². The molecule has 0 spiro atoms. The first-order valence-electron chi connectivity index (χ1n) is 8.28. The summed E-state index contributed by atoms with van der Waals surface area (Å²) in [6.07, 6.45) is 2.20. The van der Waals surface area contributed by atoms with Crippen LogP contribution in [0.2, 0.25) is 0 Å². The zero-order chi connectivity index (χ0) is 15.9. The molecule has 1 rings (SSSR count). The Morgan fingerprint density at radius 1 is 1.10 bits per heavy atom. The second-order valence-electron chi connectivity index (χ2n) is 7.50. The summed E-state index contributed by atoms with van der Waals surface area (Å²) in [7, 11) is 0. The average molecular weight is 291 g/mol. The van der Waals surface area contributed by atoms with Crippen LogP contribution in [0.25, 0.3) is 0 Å². The molecule has 0 saturated carbocycles. The Kier molecular flexibility index (Phi) is 7.24. The van der Waals surface area contributed by atoms with Gasteiger partial charge < -0.3 is 10.1 Å². The van der Waals surface area contributed by atoms with Crippen molar-refractivity contribution in [2.45, 2.75) is 60.4 Å². The predicted octanol–water partition coefficient (Wildman–Crippen LogP) is 5.20. The van der Waals surface area contributed by atoms with Crippen LogP contribution in [-0.4, -0.2) is 13.2 Å². The van der Waals surface area contributed by atoms with E-state index in [0.29, 0.717) is 17.4 Å². The minimum absolute atomic E-state index is 0.313. The van der Waals surface area contributed by atoms with E-state index in [9.17, 15) is 0 Å². The van der Waals surface area contributed by atoms with Crippen LogP contribution in [-0.2, 0) is 0 Å². The van der Waals surface area contributed by atoms with Crippen LogP contribution in [0, 0.1) is 11.3 Å². The maximum Gasteiger partial charge on any atom is 0.119 e. The Morgan fingerprint density at radius 2 is 1.71 bits per heavy atom. The van der Waals surface area contributed by atoms with Gasteiger partial charge in [-0.25, -0.2) is 0 Å². The largest absolute Gasteiger partial charge is 0.494 e. The third kappa shape index (κ3) is 7.52. The fourth-order valence-corrected chi connectivity index (χ4v) is 2.14. The first kappa shape index (κ1) is 18.0. The van der Waals surface area contributed by atoms with Gasteiger partial charge in [0.2, 0.25) is 0 Å². The Balaban J connectivity index is 2.54. The normalized spacial score (nSPS) is 13.5. The smallest absolute Gasteiger partial charge is 0.119 e. The molecule has 0 heterocycles. The van der Waals surface area contributed by atoms with Crippen molar-refractivity contribution in [1.82, 2.24) is 5.32 Å². The van der Waals surface area contributed by atoms with Crippen molar-refractivity contribution in [3.63, 3.8) is 0 Å². The minimum Gasteiger partial charge on any atom is -0.494 e. The summed E-state index contributed by atoms with van der Waals surface area (Å²) in [5.41, 5.74) is 1.66. The molecule has 0 saturated heterocycles. The van der Waals surface area contributed by atoms with E-state index < -0.39 is 0 Å². The van der Waals surface area contributed by atoms with Crippen LogP contribution in [0.3, 0.4) is 0 Å². The minimum atomic E-state index is 0.313. The fraction of sp³-hybridized carbons (Fsp3) is 0.684. The van der Waals surface area contributed by atoms with Crippen molar-refractivity contribution in [3.8, 4) is 5.75 Å². The summed E-state index contributed by atoms with van der Waals surface area (Å²) in [6, 6.07) is 8.99. The van der Waals surface area contributed by atoms with Crippen LogP contribution < -0.4 is 10.1 Å². The van der Waals surface area contributed by atoms with Gasteiger partial charge in [-0.05, 0) is 41.9 Å². The summed E-state index contributed by atoms with van der Waals surface area (Å²) in [5.74, 6) is 1.67. The molecular formula is C19H33NO. The average Bonchev–Trinajstić information content (AvgIpc) is 2.39. The highest BCUT2D eigenvalue weighted by Crippen LogP contribution is 2.22. The van der Waals surface area contributed by atoms with Crippen molar-refractivity contribution in [2.24, 2.45) is 11.3 Å². The molecule has 0 amide bonds. The van der Waals surface area contributed by atoms with Crippen LogP contribution in [0.5, 0.6) is 5.75 Å². The molecule has 1 N–H and O–H groups in total. The van der Waals surface area contributed by atoms with E-state index in [1.54, 1.807) is 0 Å². The van der Waals surface area contributed by atoms with E-state index in [0.717, 1.165) is 31.7 Å². The Bertz CT molecular complexity index is 389. The number of benzene rings is 1. The molecule has 0 radical (unpaired) electrons. The lowest BCUT2D eigenvalue weighted by molar-refractivity contribution is 0.289. The zero-order valence-corrected chi connectivity index (χ0v) is 14.7. The fourth-order valence-electron chi connectivity index (χ4n) is 2.14. The second-order valence-corrected chi connectivity index (χ2v) is 7.50. The first-order chi connectivity index (χ1) is 9.81. The molecule has 0 bridgehead atoms. The Hall–Kier alpha value is -1.02. The van der Waals surface area contributed by atoms with Gasteiger partial charge in [0, 0.05) is 12.6 Å². The van der Waals surface area contributed by atoms with Crippen LogP contribution in [0.15, 0.2) is 24.3 Å². The molecule has 0 aliphatic carbocycles. The maximum absolute atomic E-state index is 5.78. The van der Waals surface area contributed by atoms with Crippen molar-refractivity contribution in [3.05, 3.63) is 29.8 Å². The topological polar surface area (TPSA) is 21.3 Å². The lowest BCUT2D eigenvalue weighted by Crippen LogP contribution is -2.30. The Morgan fingerprint density at radius 3 is 2.19 bits per heavy atom. The molecule has 0 aliphatic rings. The van der Waals surface area contributed by atoms with Crippen LogP contribution in [0.1, 0.15) is 66.0 Å². The predicted molar refractivity (Wildman–Crippen MR) is 91.9 cm³/mol. The lowest BCUT2D eigenvalue weighted by Gasteiger charge is -2.24. The standard InChI is InChI=1S/C19H33NO/c1-7-18(20-14-19(4,5)6)16-8-10-17(11-9-16)21-13-12-15(2)3/h8-11,15,18,20H,7,12-14H2,1-6H3. The molecule has 1 atom stereocenters. The second kappa shape index (κ2) is 8.43. The maximum atomic E-state index is 5.78. The number of hydrogen-bond acceptors (Lipinski definition) is 2. The highest BCUT2D eigenvalue weighted by molar-refractivity contribution is 5.29. The van der Waals surface area contributed by atoms with Gasteiger partial charge >= 0.3 is 0 Å². The monoisotopic (exact) mass is 291 g/mol. The van der Waals surface area contributed by atoms with Crippen molar-refractivity contribution in [1.29, 1.82) is 0 Å². The van der Waals surface area contributed by atoms with Gasteiger partial charge in [-0.1, -0.05) is 53.7 Å². The molecule has 21 heavy (non-hydrogen) atoms. The number of hydrogen-bond donors (Lipinski definition) is 1. The summed E-state index contributed by atoms with van der Waals surface area (Å²) in [5, 5.41) is 3.66. The molecule has 1 aromatic rings. The summed E-state index contributed by atoms with van der Waals surface area (Å²) in [4.78, 5) is 0. The third-order valence-electron chi connectivity index (χ3n) is 3.53. The first-order valence-corrected chi connectivity index (χ1v) is 8.28. The molecule has 0 aliphatic heterocycles. The molecule has 0 fully saturated rings. The molecule has 0 aromatic heterocycles. The molecule has 2 nitrogen and oxygen atoms in total. The van der Waals surface area contributed by atoms with E-state index >= 15 is 0 Å². The molecule has 1 aromatic carbocycles. The van der Waals surface area contributed by atoms with Gasteiger partial charge in [0.1, 0.15) is 5.75 Å². The number of ether oxygens (including phenoxy) is 1. The SMILES string of the molecule is CCC(NCC(C)(C)C)c1ccc(OCCC(C)C)cc1. The molecule has 1 unspecified atom stereocenters. The summed E-state index contributed by atoms with van der Waals surface area (Å²) >= 11 is 0. The van der Waals surface area contributed by atoms with Crippen molar-refractivity contribution >= 4 is 0 Å². The van der Waals surface area contributed by atoms with E-state index in [4.69, 9.17) is 4.74 Å². The summed E-state index contributed by atoms with van der Waals surface area (Å²) in [6.45, 7) is 15.3. The summed E-state index contributed by atoms with van der Waals surface area (Å²) < 4.78 is 5.78. The van der Waals surface area contributed by atoms with Crippen LogP contribution in [0.4, 0.5) is 0 Å². The highest BCUT2D eigenvalue weighted by atomic mass is 16.5. The van der Waals surface area contributed by atoms with Crippen molar-refractivity contribution < 1.29 is 4.74 Å². The van der Waals surface area contributed by atoms with Gasteiger partial charge in [0.15, 0.2) is 0 Å². The molecular weight excluding hydrogens is 258 g/mol. The van der Waals surface area contributed by atoms with E-state index in [1.807, 2.05) is 0 Å². The third-order valence-corrected chi connectivity index (χ3v) is 3.53. The zero-order valence-electron chi connectivity index (χ0n) is 14.7. The lowest BCUT2D eigenvalue weighted by atomic mass is 9.95. The quantitative estimate of drug-likeness (QED) is 0.711. The van der Waals surface area contributed by atoms with Gasteiger partial charge in [-0.2, -0.15) is 0 Å². The Labute approximate surface area is 131 Å². The van der Waals surface area contributed by atoms with E-state index in [-0.39, 0.29) is 0 Å². The molecule has 120 valence electrons.